The fourth-order valence-corrected chi connectivity index (χ4v) is 1.32. The predicted molar refractivity (Wildman–Crippen MR) is 43.6 cm³/mol. The number of nitrogens with zero attached hydrogens (tertiary/aromatic N) is 1. The number of nitrogens with two attached hydrogens (primary N) is 1. The van der Waals surface area contributed by atoms with E-state index in [0.29, 0.717) is 11.7 Å². The minimum atomic E-state index is -0.241. The smallest absolute Gasteiger partial charge is 0.166 e. The average Bonchev–Trinajstić information content (AvgIpc) is 1.88. The second-order valence-corrected chi connectivity index (χ2v) is 3.00. The van der Waals surface area contributed by atoms with Crippen molar-refractivity contribution in [3.05, 3.63) is 0 Å². The number of hydrogen-bond acceptors (Lipinski definition) is 2. The normalized spacial score (nSPS) is 26.5. The Morgan fingerprint density at radius 1 is 1.70 bits per heavy atom. The molecule has 0 spiro atoms. The summed E-state index contributed by atoms with van der Waals surface area (Å²) in [6, 6.07) is 0. The number of thiocarbonyl (C=S) groups is 1. The zero-order valence-electron chi connectivity index (χ0n) is 5.79. The van der Waals surface area contributed by atoms with Crippen LogP contribution in [0.5, 0.6) is 0 Å². The summed E-state index contributed by atoms with van der Waals surface area (Å²) in [6.07, 6.45) is 1.62. The molecule has 4 heteroatoms. The number of hydrogen-bond donors (Lipinski definition) is 2. The zero-order valence-corrected chi connectivity index (χ0v) is 6.60. The molecule has 0 saturated carbocycles. The highest BCUT2D eigenvalue weighted by Gasteiger charge is 2.17. The van der Waals surface area contributed by atoms with Crippen molar-refractivity contribution in [3.8, 4) is 0 Å². The molecule has 0 amide bonds. The molecule has 3 nitrogen and oxygen atoms in total. The molecule has 0 aromatic heterocycles. The first kappa shape index (κ1) is 7.75. The molecule has 1 aliphatic heterocycles. The fourth-order valence-electron chi connectivity index (χ4n) is 1.15. The molecule has 10 heavy (non-hydrogen) atoms. The van der Waals surface area contributed by atoms with Crippen LogP contribution < -0.4 is 5.73 Å². The Kier molecular flexibility index (Phi) is 2.45. The molecule has 1 saturated heterocycles. The number of likely N-dealkylation sites (tertiary alicyclic amines) is 1. The summed E-state index contributed by atoms with van der Waals surface area (Å²) in [7, 11) is 0. The van der Waals surface area contributed by atoms with Gasteiger partial charge in [0.1, 0.15) is 0 Å². The topological polar surface area (TPSA) is 49.5 Å². The lowest BCUT2D eigenvalue weighted by Gasteiger charge is -2.30. The van der Waals surface area contributed by atoms with E-state index in [1.54, 1.807) is 0 Å². The van der Waals surface area contributed by atoms with Crippen molar-refractivity contribution in [2.45, 2.75) is 18.9 Å². The Morgan fingerprint density at radius 3 is 2.80 bits per heavy atom. The first-order chi connectivity index (χ1) is 4.70. The van der Waals surface area contributed by atoms with E-state index < -0.39 is 0 Å². The van der Waals surface area contributed by atoms with Crippen LogP contribution in [0.4, 0.5) is 0 Å². The van der Waals surface area contributed by atoms with Crippen LogP contribution >= 0.6 is 12.2 Å². The molecular formula is C6H12N2OS. The van der Waals surface area contributed by atoms with E-state index in [2.05, 4.69) is 0 Å². The highest BCUT2D eigenvalue weighted by Crippen LogP contribution is 2.08. The summed E-state index contributed by atoms with van der Waals surface area (Å²) in [4.78, 5) is 1.84. The van der Waals surface area contributed by atoms with Gasteiger partial charge in [0.15, 0.2) is 5.11 Å². The van der Waals surface area contributed by atoms with Crippen LogP contribution in [0.1, 0.15) is 12.8 Å². The van der Waals surface area contributed by atoms with Crippen molar-refractivity contribution < 1.29 is 5.11 Å². The number of aliphatic hydroxyl groups is 1. The Labute approximate surface area is 65.8 Å². The van der Waals surface area contributed by atoms with Gasteiger partial charge in [0, 0.05) is 13.1 Å². The van der Waals surface area contributed by atoms with Gasteiger partial charge in [-0.05, 0) is 25.1 Å². The maximum atomic E-state index is 9.17. The summed E-state index contributed by atoms with van der Waals surface area (Å²) < 4.78 is 0. The van der Waals surface area contributed by atoms with Gasteiger partial charge in [0.05, 0.1) is 6.10 Å². The van der Waals surface area contributed by atoms with Gasteiger partial charge < -0.3 is 15.7 Å². The third kappa shape index (κ3) is 1.82. The molecule has 58 valence electrons. The summed E-state index contributed by atoms with van der Waals surface area (Å²) in [5.74, 6) is 0. The summed E-state index contributed by atoms with van der Waals surface area (Å²) >= 11 is 4.76. The van der Waals surface area contributed by atoms with Crippen molar-refractivity contribution in [2.24, 2.45) is 5.73 Å². The maximum Gasteiger partial charge on any atom is 0.166 e. The Bertz CT molecular complexity index is 140. The summed E-state index contributed by atoms with van der Waals surface area (Å²) in [5, 5.41) is 9.57. The number of β-amino-alcohol motifs (C(OH)–C–C–N with tert-alkyl or cyclic N) is 1. The van der Waals surface area contributed by atoms with E-state index in [1.165, 1.54) is 0 Å². The van der Waals surface area contributed by atoms with Crippen LogP contribution in [0.3, 0.4) is 0 Å². The monoisotopic (exact) mass is 160 g/mol. The molecule has 0 bridgehead atoms. The van der Waals surface area contributed by atoms with Gasteiger partial charge in [-0.1, -0.05) is 0 Å². The van der Waals surface area contributed by atoms with E-state index in [1.807, 2.05) is 4.90 Å². The predicted octanol–water partition coefficient (Wildman–Crippen LogP) is -0.313. The van der Waals surface area contributed by atoms with Gasteiger partial charge in [0.25, 0.3) is 0 Å². The Morgan fingerprint density at radius 2 is 2.40 bits per heavy atom. The highest BCUT2D eigenvalue weighted by atomic mass is 32.1. The zero-order chi connectivity index (χ0) is 7.56. The highest BCUT2D eigenvalue weighted by molar-refractivity contribution is 7.80. The molecule has 0 aliphatic carbocycles. The van der Waals surface area contributed by atoms with Crippen molar-refractivity contribution >= 4 is 17.3 Å². The van der Waals surface area contributed by atoms with E-state index in [-0.39, 0.29) is 6.10 Å². The second kappa shape index (κ2) is 3.16. The lowest BCUT2D eigenvalue weighted by atomic mass is 10.1. The van der Waals surface area contributed by atoms with Gasteiger partial charge in [-0.3, -0.25) is 0 Å². The molecular weight excluding hydrogens is 148 g/mol. The molecule has 0 radical (unpaired) electrons. The molecule has 1 rings (SSSR count). The fraction of sp³-hybridized carbons (Fsp3) is 0.833. The van der Waals surface area contributed by atoms with Crippen molar-refractivity contribution in [1.29, 1.82) is 0 Å². The first-order valence-corrected chi connectivity index (χ1v) is 3.83. The van der Waals surface area contributed by atoms with E-state index in [0.717, 1.165) is 19.4 Å². The van der Waals surface area contributed by atoms with E-state index >= 15 is 0 Å². The van der Waals surface area contributed by atoms with Crippen molar-refractivity contribution in [1.82, 2.24) is 4.90 Å². The maximum absolute atomic E-state index is 9.17. The molecule has 3 N–H and O–H groups in total. The third-order valence-electron chi connectivity index (χ3n) is 1.71. The van der Waals surface area contributed by atoms with Crippen molar-refractivity contribution in [3.63, 3.8) is 0 Å². The van der Waals surface area contributed by atoms with Crippen LogP contribution in [-0.4, -0.2) is 34.3 Å². The summed E-state index contributed by atoms with van der Waals surface area (Å²) in [5.41, 5.74) is 5.38. The molecule has 0 aromatic carbocycles. The summed E-state index contributed by atoms with van der Waals surface area (Å²) in [6.45, 7) is 1.50. The first-order valence-electron chi connectivity index (χ1n) is 3.42. The molecule has 1 heterocycles. The lowest BCUT2D eigenvalue weighted by molar-refractivity contribution is 0.104. The van der Waals surface area contributed by atoms with Crippen LogP contribution in [0.2, 0.25) is 0 Å². The van der Waals surface area contributed by atoms with Crippen LogP contribution in [0.15, 0.2) is 0 Å². The van der Waals surface area contributed by atoms with Crippen LogP contribution in [-0.2, 0) is 0 Å². The van der Waals surface area contributed by atoms with E-state index in [4.69, 9.17) is 18.0 Å². The van der Waals surface area contributed by atoms with Gasteiger partial charge >= 0.3 is 0 Å². The molecule has 1 fully saturated rings. The molecule has 1 atom stereocenters. The second-order valence-electron chi connectivity index (χ2n) is 2.58. The molecule has 0 aromatic rings. The van der Waals surface area contributed by atoms with Gasteiger partial charge in [-0.25, -0.2) is 0 Å². The molecule has 1 aliphatic rings. The quantitative estimate of drug-likeness (QED) is 0.477. The minimum absolute atomic E-state index is 0.241. The molecule has 0 unspecified atom stereocenters. The van der Waals surface area contributed by atoms with Crippen LogP contribution in [0.25, 0.3) is 0 Å². The Hall–Kier alpha value is -0.350. The van der Waals surface area contributed by atoms with Gasteiger partial charge in [-0.15, -0.1) is 0 Å². The SMILES string of the molecule is NC(=S)N1CCC[C@H](O)C1. The standard InChI is InChI=1S/C6H12N2OS/c7-6(10)8-3-1-2-5(9)4-8/h5,9H,1-4H2,(H2,7,10)/t5-/m0/s1. The third-order valence-corrected chi connectivity index (χ3v) is 1.97. The Balaban J connectivity index is 2.39. The lowest BCUT2D eigenvalue weighted by Crippen LogP contribution is -2.44. The van der Waals surface area contributed by atoms with E-state index in [9.17, 15) is 5.11 Å². The minimum Gasteiger partial charge on any atom is -0.391 e. The van der Waals surface area contributed by atoms with Crippen molar-refractivity contribution in [2.75, 3.05) is 13.1 Å². The van der Waals surface area contributed by atoms with Gasteiger partial charge in [0.2, 0.25) is 0 Å². The number of rotatable bonds is 0. The number of piperidine rings is 1. The van der Waals surface area contributed by atoms with Gasteiger partial charge in [-0.2, -0.15) is 0 Å². The largest absolute Gasteiger partial charge is 0.391 e. The van der Waals surface area contributed by atoms with Crippen LogP contribution in [0, 0.1) is 0 Å². The number of aliphatic hydroxyl groups excluding tert-OH is 1. The average molecular weight is 160 g/mol.